The fraction of sp³-hybridized carbons (Fsp3) is 0.115. The van der Waals surface area contributed by atoms with Gasteiger partial charge in [0, 0.05) is 11.3 Å². The van der Waals surface area contributed by atoms with Crippen LogP contribution >= 0.6 is 0 Å². The van der Waals surface area contributed by atoms with E-state index in [-0.39, 0.29) is 17.7 Å². The molecule has 0 aliphatic heterocycles. The molecule has 0 spiro atoms. The van der Waals surface area contributed by atoms with Crippen molar-refractivity contribution in [1.82, 2.24) is 5.43 Å². The van der Waals surface area contributed by atoms with Crippen LogP contribution in [0, 0.1) is 11.3 Å². The number of carbonyl (C=O) groups is 3. The average molecular weight is 470 g/mol. The molecule has 0 heterocycles. The summed E-state index contributed by atoms with van der Waals surface area (Å²) in [5.74, 6) is -1.91. The molecule has 0 atom stereocenters. The maximum absolute atomic E-state index is 12.7. The van der Waals surface area contributed by atoms with E-state index >= 15 is 0 Å². The summed E-state index contributed by atoms with van der Waals surface area (Å²) in [6, 6.07) is 21.9. The fourth-order valence-corrected chi connectivity index (χ4v) is 3.05. The SMILES string of the molecule is COc1ccccc1C(=O)Oc1ccccc1/C(C)=N/NC(=O)C(=O)Nc1ccc(CC#N)cc1. The van der Waals surface area contributed by atoms with Crippen LogP contribution in [0.1, 0.15) is 28.4 Å². The molecule has 9 nitrogen and oxygen atoms in total. The van der Waals surface area contributed by atoms with Crippen molar-refractivity contribution in [3.8, 4) is 17.6 Å². The lowest BCUT2D eigenvalue weighted by Crippen LogP contribution is -2.33. The van der Waals surface area contributed by atoms with Crippen molar-refractivity contribution in [3.63, 3.8) is 0 Å². The molecule has 0 aliphatic carbocycles. The number of para-hydroxylation sites is 2. The van der Waals surface area contributed by atoms with Crippen LogP contribution in [0.5, 0.6) is 11.5 Å². The highest BCUT2D eigenvalue weighted by molar-refractivity contribution is 6.39. The molecule has 0 saturated carbocycles. The quantitative estimate of drug-likeness (QED) is 0.179. The zero-order chi connectivity index (χ0) is 25.2. The molecule has 3 aromatic carbocycles. The monoisotopic (exact) mass is 470 g/mol. The summed E-state index contributed by atoms with van der Waals surface area (Å²) >= 11 is 0. The standard InChI is InChI=1S/C26H22N4O5/c1-17(29-30-25(32)24(31)28-19-13-11-18(12-14-19)15-16-27)20-7-3-6-10-23(20)35-26(33)21-8-4-5-9-22(21)34-2/h3-14H,15H2,1-2H3,(H,28,31)(H,30,32)/b29-17+. The minimum atomic E-state index is -0.978. The summed E-state index contributed by atoms with van der Waals surface area (Å²) in [5.41, 5.74) is 4.41. The lowest BCUT2D eigenvalue weighted by atomic mass is 10.1. The summed E-state index contributed by atoms with van der Waals surface area (Å²) in [7, 11) is 1.46. The largest absolute Gasteiger partial charge is 0.496 e. The number of hydrazone groups is 1. The second kappa shape index (κ2) is 11.8. The number of carbonyl (C=O) groups excluding carboxylic acids is 3. The third kappa shape index (κ3) is 6.52. The number of ether oxygens (including phenoxy) is 2. The number of methoxy groups -OCH3 is 1. The Balaban J connectivity index is 1.67. The molecule has 35 heavy (non-hydrogen) atoms. The normalized spacial score (nSPS) is 10.6. The summed E-state index contributed by atoms with van der Waals surface area (Å²) in [4.78, 5) is 37.0. The summed E-state index contributed by atoms with van der Waals surface area (Å²) in [6.07, 6.45) is 0.248. The van der Waals surface area contributed by atoms with Crippen molar-refractivity contribution in [2.24, 2.45) is 5.10 Å². The van der Waals surface area contributed by atoms with Gasteiger partial charge in [-0.3, -0.25) is 9.59 Å². The highest BCUT2D eigenvalue weighted by atomic mass is 16.5. The van der Waals surface area contributed by atoms with Gasteiger partial charge >= 0.3 is 17.8 Å². The molecule has 0 aliphatic rings. The van der Waals surface area contributed by atoms with Gasteiger partial charge in [-0.05, 0) is 48.9 Å². The molecule has 2 amide bonds. The predicted octanol–water partition coefficient (Wildman–Crippen LogP) is 3.46. The van der Waals surface area contributed by atoms with Gasteiger partial charge in [-0.15, -0.1) is 0 Å². The van der Waals surface area contributed by atoms with Crippen LogP contribution < -0.4 is 20.2 Å². The first kappa shape index (κ1) is 24.7. The minimum absolute atomic E-state index is 0.223. The molecule has 3 rings (SSSR count). The molecule has 0 saturated heterocycles. The number of rotatable bonds is 7. The van der Waals surface area contributed by atoms with Gasteiger partial charge < -0.3 is 14.8 Å². The van der Waals surface area contributed by atoms with E-state index in [9.17, 15) is 14.4 Å². The van der Waals surface area contributed by atoms with E-state index < -0.39 is 17.8 Å². The van der Waals surface area contributed by atoms with Crippen LogP contribution in [0.3, 0.4) is 0 Å². The zero-order valence-corrected chi connectivity index (χ0v) is 19.1. The number of benzene rings is 3. The molecule has 0 unspecified atom stereocenters. The summed E-state index contributed by atoms with van der Waals surface area (Å²) in [6.45, 7) is 1.60. The Hall–Kier alpha value is -4.97. The predicted molar refractivity (Wildman–Crippen MR) is 129 cm³/mol. The lowest BCUT2D eigenvalue weighted by Gasteiger charge is -2.11. The molecule has 9 heteroatoms. The van der Waals surface area contributed by atoms with Crippen LogP contribution in [0.2, 0.25) is 0 Å². The number of hydrogen-bond donors (Lipinski definition) is 2. The van der Waals surface area contributed by atoms with Crippen molar-refractivity contribution in [2.75, 3.05) is 12.4 Å². The first-order valence-corrected chi connectivity index (χ1v) is 10.5. The Morgan fingerprint density at radius 2 is 1.51 bits per heavy atom. The van der Waals surface area contributed by atoms with Gasteiger partial charge in [-0.2, -0.15) is 10.4 Å². The number of hydrogen-bond acceptors (Lipinski definition) is 7. The first-order chi connectivity index (χ1) is 16.9. The van der Waals surface area contributed by atoms with Crippen molar-refractivity contribution >= 4 is 29.2 Å². The highest BCUT2D eigenvalue weighted by Gasteiger charge is 2.18. The topological polar surface area (TPSA) is 130 Å². The first-order valence-electron chi connectivity index (χ1n) is 10.5. The molecule has 2 N–H and O–H groups in total. The van der Waals surface area contributed by atoms with Gasteiger partial charge in [-0.1, -0.05) is 36.4 Å². The van der Waals surface area contributed by atoms with Crippen molar-refractivity contribution < 1.29 is 23.9 Å². The molecule has 0 radical (unpaired) electrons. The Kier molecular flexibility index (Phi) is 8.29. The van der Waals surface area contributed by atoms with Crippen molar-refractivity contribution in [2.45, 2.75) is 13.3 Å². The van der Waals surface area contributed by atoms with Gasteiger partial charge in [-0.25, -0.2) is 10.2 Å². The number of esters is 1. The number of nitrogens with zero attached hydrogens (tertiary/aromatic N) is 2. The van der Waals surface area contributed by atoms with Gasteiger partial charge in [0.1, 0.15) is 17.1 Å². The highest BCUT2D eigenvalue weighted by Crippen LogP contribution is 2.23. The molecule has 3 aromatic rings. The Morgan fingerprint density at radius 3 is 2.17 bits per heavy atom. The summed E-state index contributed by atoms with van der Waals surface area (Å²) < 4.78 is 10.7. The number of amides is 2. The lowest BCUT2D eigenvalue weighted by molar-refractivity contribution is -0.136. The van der Waals surface area contributed by atoms with Gasteiger partial charge in [0.25, 0.3) is 0 Å². The third-order valence-corrected chi connectivity index (χ3v) is 4.83. The van der Waals surface area contributed by atoms with Crippen LogP contribution in [-0.4, -0.2) is 30.6 Å². The van der Waals surface area contributed by atoms with E-state index in [0.29, 0.717) is 22.7 Å². The molecule has 0 bridgehead atoms. The minimum Gasteiger partial charge on any atom is -0.496 e. The Labute approximate surface area is 202 Å². The Morgan fingerprint density at radius 1 is 0.886 bits per heavy atom. The molecule has 0 aromatic heterocycles. The Bertz CT molecular complexity index is 1310. The molecular weight excluding hydrogens is 448 g/mol. The van der Waals surface area contributed by atoms with Crippen LogP contribution in [0.4, 0.5) is 5.69 Å². The maximum Gasteiger partial charge on any atom is 0.347 e. The average Bonchev–Trinajstić information content (AvgIpc) is 2.88. The van der Waals surface area contributed by atoms with Gasteiger partial charge in [0.2, 0.25) is 0 Å². The van der Waals surface area contributed by atoms with E-state index in [1.165, 1.54) is 7.11 Å². The third-order valence-electron chi connectivity index (χ3n) is 4.83. The summed E-state index contributed by atoms with van der Waals surface area (Å²) in [5, 5.41) is 15.1. The smallest absolute Gasteiger partial charge is 0.347 e. The molecular formula is C26H22N4O5. The zero-order valence-electron chi connectivity index (χ0n) is 19.1. The maximum atomic E-state index is 12.7. The number of nitriles is 1. The van der Waals surface area contributed by atoms with E-state index in [4.69, 9.17) is 14.7 Å². The van der Waals surface area contributed by atoms with Crippen LogP contribution in [0.15, 0.2) is 77.9 Å². The number of anilines is 1. The second-order valence-electron chi connectivity index (χ2n) is 7.21. The fourth-order valence-electron chi connectivity index (χ4n) is 3.05. The van der Waals surface area contributed by atoms with Gasteiger partial charge in [0.05, 0.1) is 25.3 Å². The van der Waals surface area contributed by atoms with E-state index in [0.717, 1.165) is 5.56 Å². The molecule has 176 valence electrons. The van der Waals surface area contributed by atoms with E-state index in [2.05, 4.69) is 15.8 Å². The van der Waals surface area contributed by atoms with Crippen LogP contribution in [0.25, 0.3) is 0 Å². The van der Waals surface area contributed by atoms with E-state index in [1.54, 1.807) is 79.7 Å². The van der Waals surface area contributed by atoms with Crippen molar-refractivity contribution in [3.05, 3.63) is 89.5 Å². The number of nitrogens with one attached hydrogen (secondary N) is 2. The second-order valence-corrected chi connectivity index (χ2v) is 7.21. The van der Waals surface area contributed by atoms with Crippen molar-refractivity contribution in [1.29, 1.82) is 5.26 Å². The molecule has 0 fully saturated rings. The van der Waals surface area contributed by atoms with Gasteiger partial charge in [0.15, 0.2) is 0 Å². The van der Waals surface area contributed by atoms with E-state index in [1.807, 2.05) is 6.07 Å². The van der Waals surface area contributed by atoms with Crippen LogP contribution in [-0.2, 0) is 16.0 Å².